The van der Waals surface area contributed by atoms with E-state index in [1.54, 1.807) is 11.6 Å². The normalized spacial score (nSPS) is 21.9. The average Bonchev–Trinajstić information content (AvgIpc) is 1.91. The van der Waals surface area contributed by atoms with Gasteiger partial charge in [0, 0.05) is 0 Å². The van der Waals surface area contributed by atoms with E-state index in [1.807, 2.05) is 0 Å². The minimum absolute atomic E-state index is 0. The Bertz CT molecular complexity index is 169. The summed E-state index contributed by atoms with van der Waals surface area (Å²) in [5.41, 5.74) is 0. The Morgan fingerprint density at radius 2 is 2.22 bits per heavy atom. The van der Waals surface area contributed by atoms with Crippen LogP contribution in [-0.4, -0.2) is 35.7 Å². The molecule has 0 bridgehead atoms. The van der Waals surface area contributed by atoms with Crippen LogP contribution in [0.2, 0.25) is 0 Å². The molecule has 1 heterocycles. The molecule has 3 nitrogen and oxygen atoms in total. The maximum absolute atomic E-state index is 10.5. The molecule has 0 saturated carbocycles. The van der Waals surface area contributed by atoms with E-state index in [2.05, 4.69) is 4.99 Å². The third-order valence-corrected chi connectivity index (χ3v) is 3.25. The van der Waals surface area contributed by atoms with E-state index in [4.69, 9.17) is 0 Å². The van der Waals surface area contributed by atoms with Gasteiger partial charge in [-0.15, -0.1) is 0 Å². The average molecular weight is 262 g/mol. The van der Waals surface area contributed by atoms with E-state index >= 15 is 0 Å². The second-order valence-corrected chi connectivity index (χ2v) is 4.36. The van der Waals surface area contributed by atoms with E-state index in [0.717, 1.165) is 2.99 Å². The van der Waals surface area contributed by atoms with Crippen molar-refractivity contribution in [2.24, 2.45) is 4.99 Å². The van der Waals surface area contributed by atoms with Crippen molar-refractivity contribution in [2.45, 2.75) is 0 Å². The molecular formula is C3H3NNaO2SSb. The zero-order chi connectivity index (χ0) is 5.28. The molecule has 1 atom stereocenters. The molecule has 1 unspecified atom stereocenters. The monoisotopic (exact) mass is 261 g/mol. The number of nitrogens with zero attached hydrogens (tertiary/aromatic N) is 1. The van der Waals surface area contributed by atoms with Crippen LogP contribution < -0.4 is 29.6 Å². The number of rotatable bonds is 0. The molecule has 0 aromatic rings. The summed E-state index contributed by atoms with van der Waals surface area (Å²) in [6.07, 6.45) is 1.57. The third-order valence-electron chi connectivity index (χ3n) is 0.549. The van der Waals surface area contributed by atoms with Gasteiger partial charge in [-0.2, -0.15) is 0 Å². The summed E-state index contributed by atoms with van der Waals surface area (Å²) in [6.45, 7) is 0. The molecule has 6 heteroatoms. The second-order valence-electron chi connectivity index (χ2n) is 0.994. The van der Waals surface area contributed by atoms with E-state index in [0.29, 0.717) is 0 Å². The molecule has 1 N–H and O–H groups in total. The predicted molar refractivity (Wildman–Crippen MR) is 32.4 cm³/mol. The number of hydrogen-bond donors (Lipinski definition) is 0. The van der Waals surface area contributed by atoms with Gasteiger partial charge >= 0.3 is 87.2 Å². The van der Waals surface area contributed by atoms with Gasteiger partial charge in [0.05, 0.1) is 0 Å². The number of aliphatic imine (C=N–C) groups is 1. The molecule has 0 aliphatic carbocycles. The van der Waals surface area contributed by atoms with Crippen LogP contribution in [0.4, 0.5) is 0 Å². The number of hydrogen-bond acceptors (Lipinski definition) is 3. The summed E-state index contributed by atoms with van der Waals surface area (Å²) in [5, 5.41) is 1.58. The molecule has 1 rings (SSSR count). The molecule has 1 aliphatic heterocycles. The van der Waals surface area contributed by atoms with Gasteiger partial charge in [-0.25, -0.2) is 0 Å². The first kappa shape index (κ1) is 13.0. The van der Waals surface area contributed by atoms with Crippen LogP contribution in [0.15, 0.2) is 16.6 Å². The van der Waals surface area contributed by atoms with Gasteiger partial charge in [0.25, 0.3) is 0 Å². The quantitative estimate of drug-likeness (QED) is 0.427. The molecule has 0 aromatic heterocycles. The fourth-order valence-electron chi connectivity index (χ4n) is 0.262. The summed E-state index contributed by atoms with van der Waals surface area (Å²) in [7, 11) is -0.876. The zero-order valence-electron chi connectivity index (χ0n) is 4.81. The Hall–Kier alpha value is 1.34. The van der Waals surface area contributed by atoms with Crippen LogP contribution in [0.25, 0.3) is 0 Å². The SMILES string of the molecule is O=S1C=CN=[C]1[Sb].[Na+].[OH-]. The van der Waals surface area contributed by atoms with Crippen molar-refractivity contribution in [1.82, 2.24) is 0 Å². The van der Waals surface area contributed by atoms with Gasteiger partial charge in [0.2, 0.25) is 0 Å². The van der Waals surface area contributed by atoms with Gasteiger partial charge < -0.3 is 5.48 Å². The first-order valence-corrected chi connectivity index (χ1v) is 4.13. The fourth-order valence-corrected chi connectivity index (χ4v) is 1.43. The summed E-state index contributed by atoms with van der Waals surface area (Å²) in [6, 6.07) is 0. The van der Waals surface area contributed by atoms with E-state index in [1.165, 1.54) is 23.0 Å². The van der Waals surface area contributed by atoms with Crippen LogP contribution in [-0.2, 0) is 10.8 Å². The molecule has 2 radical (unpaired) electrons. The summed E-state index contributed by atoms with van der Waals surface area (Å²) < 4.78 is 11.2. The molecule has 0 saturated heterocycles. The van der Waals surface area contributed by atoms with Crippen molar-refractivity contribution >= 4 is 36.8 Å². The Kier molecular flexibility index (Phi) is 8.75. The maximum atomic E-state index is 10.5. The minimum atomic E-state index is -0.876. The maximum Gasteiger partial charge on any atom is 1.00 e. The van der Waals surface area contributed by atoms with Crippen LogP contribution in [0.3, 0.4) is 0 Å². The molecular weight excluding hydrogens is 259 g/mol. The van der Waals surface area contributed by atoms with Gasteiger partial charge in [-0.1, -0.05) is 0 Å². The predicted octanol–water partition coefficient (Wildman–Crippen LogP) is -3.43. The molecule has 0 spiro atoms. The molecule has 1 aliphatic rings. The molecule has 9 heavy (non-hydrogen) atoms. The second kappa shape index (κ2) is 6.07. The van der Waals surface area contributed by atoms with E-state index in [9.17, 15) is 4.21 Å². The molecule has 44 valence electrons. The van der Waals surface area contributed by atoms with E-state index < -0.39 is 10.8 Å². The van der Waals surface area contributed by atoms with Gasteiger partial charge in [-0.3, -0.25) is 0 Å². The fraction of sp³-hybridized carbons (Fsp3) is 0. The first-order chi connectivity index (χ1) is 3.30. The van der Waals surface area contributed by atoms with Crippen LogP contribution in [0.5, 0.6) is 0 Å². The Morgan fingerprint density at radius 1 is 1.67 bits per heavy atom. The zero-order valence-corrected chi connectivity index (χ0v) is 10.2. The Morgan fingerprint density at radius 3 is 2.33 bits per heavy atom. The Balaban J connectivity index is 0. The van der Waals surface area contributed by atoms with Crippen molar-refractivity contribution < 1.29 is 39.2 Å². The van der Waals surface area contributed by atoms with Gasteiger partial charge in [-0.05, 0) is 0 Å². The standard InChI is InChI=1S/C3H2NOS.Na.H2O.Sb/c5-6-2-1-4-3-6;;;/h1-2H;;1H2;/q;+1;;/p-1. The van der Waals surface area contributed by atoms with Crippen LogP contribution >= 0.6 is 0 Å². The topological polar surface area (TPSA) is 59.4 Å². The molecule has 0 fully saturated rings. The van der Waals surface area contributed by atoms with E-state index in [-0.39, 0.29) is 35.0 Å². The van der Waals surface area contributed by atoms with Crippen molar-refractivity contribution in [3.63, 3.8) is 0 Å². The van der Waals surface area contributed by atoms with Crippen molar-refractivity contribution in [1.29, 1.82) is 0 Å². The molecule has 0 amide bonds. The summed E-state index contributed by atoms with van der Waals surface area (Å²) >= 11 is 1.41. The summed E-state index contributed by atoms with van der Waals surface area (Å²) in [4.78, 5) is 3.78. The third kappa shape index (κ3) is 3.91. The van der Waals surface area contributed by atoms with Crippen molar-refractivity contribution in [3.05, 3.63) is 11.6 Å². The van der Waals surface area contributed by atoms with Gasteiger partial charge in [0.15, 0.2) is 0 Å². The van der Waals surface area contributed by atoms with Gasteiger partial charge in [0.1, 0.15) is 0 Å². The van der Waals surface area contributed by atoms with Crippen LogP contribution in [0, 0.1) is 0 Å². The van der Waals surface area contributed by atoms with Crippen LogP contribution in [0.1, 0.15) is 0 Å². The van der Waals surface area contributed by atoms with Crippen molar-refractivity contribution in [2.75, 3.05) is 0 Å². The minimum Gasteiger partial charge on any atom is -0.870 e. The first-order valence-electron chi connectivity index (χ1n) is 1.65. The molecule has 0 aromatic carbocycles. The van der Waals surface area contributed by atoms with Crippen molar-refractivity contribution in [3.8, 4) is 0 Å². The summed E-state index contributed by atoms with van der Waals surface area (Å²) in [5.74, 6) is 0. The smallest absolute Gasteiger partial charge is 0.870 e. The Labute approximate surface area is 91.5 Å². The largest absolute Gasteiger partial charge is 1.00 e.